The Balaban J connectivity index is 5.61. The van der Waals surface area contributed by atoms with Gasteiger partial charge in [-0.1, -0.05) is 46.6 Å². The van der Waals surface area contributed by atoms with Gasteiger partial charge >= 0.3 is 31.7 Å². The van der Waals surface area contributed by atoms with Crippen molar-refractivity contribution in [2.75, 3.05) is 6.61 Å². The quantitative estimate of drug-likeness (QED) is 0.0561. The number of aliphatic hydroxyl groups is 1. The van der Waals surface area contributed by atoms with Crippen molar-refractivity contribution >= 4 is 49.0 Å². The molecule has 2 atom stereocenters. The zero-order valence-corrected chi connectivity index (χ0v) is 30.6. The molecule has 0 rings (SSSR count). The third kappa shape index (κ3) is 16.7. The molecule has 2 unspecified atom stereocenters. The summed E-state index contributed by atoms with van der Waals surface area (Å²) in [6.45, 7) is 28.3. The van der Waals surface area contributed by atoms with Crippen LogP contribution in [0.25, 0.3) is 0 Å². The van der Waals surface area contributed by atoms with Gasteiger partial charge in [0.1, 0.15) is 0 Å². The Morgan fingerprint density at radius 1 is 0.838 bits per heavy atom. The van der Waals surface area contributed by atoms with Crippen LogP contribution >= 0.6 is 0 Å². The van der Waals surface area contributed by atoms with E-state index in [1.165, 1.54) is 0 Å². The molecule has 1 radical (unpaired) electrons. The summed E-state index contributed by atoms with van der Waals surface area (Å²) >= 11 is 0. The summed E-state index contributed by atoms with van der Waals surface area (Å²) in [5.74, 6) is -0.639. The van der Waals surface area contributed by atoms with Crippen molar-refractivity contribution in [3.05, 3.63) is 12.2 Å². The highest BCUT2D eigenvalue weighted by Gasteiger charge is 2.45. The maximum Gasteiger partial charge on any atom is 0.338 e. The van der Waals surface area contributed by atoms with Crippen molar-refractivity contribution in [1.82, 2.24) is 0 Å². The maximum absolute atomic E-state index is 12.2. The van der Waals surface area contributed by atoms with E-state index in [9.17, 15) is 9.90 Å². The van der Waals surface area contributed by atoms with Crippen LogP contribution in [-0.4, -0.2) is 72.7 Å². The molecule has 0 heterocycles. The van der Waals surface area contributed by atoms with E-state index in [-0.39, 0.29) is 11.3 Å². The highest BCUT2D eigenvalue weighted by Crippen LogP contribution is 2.27. The van der Waals surface area contributed by atoms with Crippen molar-refractivity contribution in [1.29, 1.82) is 0 Å². The van der Waals surface area contributed by atoms with Gasteiger partial charge in [0.2, 0.25) is 15.3 Å². The van der Waals surface area contributed by atoms with E-state index in [1.54, 1.807) is 0 Å². The number of hydrogen-bond acceptors (Lipinski definition) is 8. The lowest BCUT2D eigenvalue weighted by atomic mass is 10.3. The predicted octanol–water partition coefficient (Wildman–Crippen LogP) is 6.34. The fourth-order valence-corrected chi connectivity index (χ4v) is 26.3. The lowest BCUT2D eigenvalue weighted by Crippen LogP contribution is -2.58. The smallest absolute Gasteiger partial charge is 0.338 e. The topological polar surface area (TPSA) is 92.7 Å². The third-order valence-corrected chi connectivity index (χ3v) is 22.4. The molecule has 0 aromatic rings. The molecule has 0 fully saturated rings. The lowest BCUT2D eigenvalue weighted by molar-refractivity contribution is -0.180. The number of carbonyl (C=O) groups is 1. The van der Waals surface area contributed by atoms with E-state index >= 15 is 0 Å². The molecular formula is C24H55O8Si5. The summed E-state index contributed by atoms with van der Waals surface area (Å²) in [5, 5.41) is 9.20. The van der Waals surface area contributed by atoms with Gasteiger partial charge in [-0.15, -0.1) is 0 Å². The van der Waals surface area contributed by atoms with Gasteiger partial charge in [-0.3, -0.25) is 0 Å². The fourth-order valence-electron chi connectivity index (χ4n) is 4.18. The summed E-state index contributed by atoms with van der Waals surface area (Å²) < 4.78 is 38.3. The number of aliphatic hydroxyl groups excluding tert-OH is 1. The largest absolute Gasteiger partial charge is 0.437 e. The first kappa shape index (κ1) is 37.1. The van der Waals surface area contributed by atoms with Crippen LogP contribution in [0.1, 0.15) is 52.9 Å². The number of ether oxygens (including phenoxy) is 2. The Morgan fingerprint density at radius 2 is 1.38 bits per heavy atom. The zero-order chi connectivity index (χ0) is 29.1. The van der Waals surface area contributed by atoms with Crippen molar-refractivity contribution in [3.8, 4) is 0 Å². The number of carbonyl (C=O) groups excluding carboxylic acids is 1. The second-order valence-electron chi connectivity index (χ2n) is 11.7. The van der Waals surface area contributed by atoms with Crippen molar-refractivity contribution in [2.24, 2.45) is 0 Å². The Bertz CT molecular complexity index is 697. The molecule has 13 heteroatoms. The molecule has 0 saturated carbocycles. The second-order valence-corrected chi connectivity index (χ2v) is 29.6. The molecule has 0 bridgehead atoms. The van der Waals surface area contributed by atoms with Crippen LogP contribution in [0.2, 0.25) is 65.0 Å². The summed E-state index contributed by atoms with van der Waals surface area (Å²) in [7, 11) is -10.7. The van der Waals surface area contributed by atoms with Crippen molar-refractivity contribution in [2.45, 2.75) is 130 Å². The van der Waals surface area contributed by atoms with Crippen LogP contribution in [0.4, 0.5) is 0 Å². The highest BCUT2D eigenvalue weighted by molar-refractivity contribution is 6.89. The van der Waals surface area contributed by atoms with E-state index in [4.69, 9.17) is 25.9 Å². The number of unbranched alkanes of at least 4 members (excludes halogenated alkanes) is 2. The Hall–Kier alpha value is 0.0544. The van der Waals surface area contributed by atoms with Crippen LogP contribution < -0.4 is 0 Å². The molecule has 8 nitrogen and oxygen atoms in total. The average Bonchev–Trinajstić information content (AvgIpc) is 2.71. The van der Waals surface area contributed by atoms with Crippen LogP contribution in [0.5, 0.6) is 0 Å². The van der Waals surface area contributed by atoms with Gasteiger partial charge in [0.05, 0.1) is 17.9 Å². The average molecular weight is 612 g/mol. The minimum Gasteiger partial charge on any atom is -0.437 e. The molecule has 0 aromatic heterocycles. The summed E-state index contributed by atoms with van der Waals surface area (Å²) in [6.07, 6.45) is 3.80. The normalized spacial score (nSPS) is 15.1. The van der Waals surface area contributed by atoms with E-state index < -0.39 is 61.9 Å². The van der Waals surface area contributed by atoms with Crippen LogP contribution in [0.3, 0.4) is 0 Å². The molecular weight excluding hydrogens is 557 g/mol. The summed E-state index contributed by atoms with van der Waals surface area (Å²) in [6, 6.07) is 0.923. The lowest BCUT2D eigenvalue weighted by Gasteiger charge is -2.41. The molecule has 219 valence electrons. The molecule has 0 aliphatic rings. The standard InChI is InChI=1S/C24H55O8Si5/c1-14-17-18-19-33(23(16-3)27-22(15-2)28-24(26)21(4)20-25)29-35(8,9)31-37(12,13)32-36(10,11)30-34(5,6)7/h22-23,25H,4,14-20H2,1-3,5-13H3. The molecule has 0 aliphatic heterocycles. The predicted molar refractivity (Wildman–Crippen MR) is 162 cm³/mol. The Kier molecular flexibility index (Phi) is 16.4. The third-order valence-electron chi connectivity index (χ3n) is 5.04. The highest BCUT2D eigenvalue weighted by atomic mass is 28.5. The number of hydrogen-bond donors (Lipinski definition) is 1. The molecule has 0 aromatic carbocycles. The van der Waals surface area contributed by atoms with Crippen molar-refractivity contribution in [3.63, 3.8) is 0 Å². The monoisotopic (exact) mass is 611 g/mol. The number of esters is 1. The molecule has 0 saturated heterocycles. The molecule has 0 aliphatic carbocycles. The molecule has 0 spiro atoms. The van der Waals surface area contributed by atoms with Gasteiger partial charge in [-0.05, 0) is 71.4 Å². The number of rotatable bonds is 20. The maximum atomic E-state index is 12.2. The first-order chi connectivity index (χ1) is 16.8. The summed E-state index contributed by atoms with van der Waals surface area (Å²) in [5.41, 5.74) is -0.164. The molecule has 1 N–H and O–H groups in total. The fraction of sp³-hybridized carbons (Fsp3) is 0.875. The van der Waals surface area contributed by atoms with Crippen LogP contribution in [0.15, 0.2) is 12.2 Å². The van der Waals surface area contributed by atoms with Gasteiger partial charge in [0, 0.05) is 6.42 Å². The minimum atomic E-state index is -2.59. The van der Waals surface area contributed by atoms with Gasteiger partial charge in [0.15, 0.2) is 8.32 Å². The summed E-state index contributed by atoms with van der Waals surface area (Å²) in [4.78, 5) is 12.2. The van der Waals surface area contributed by atoms with E-state index in [0.717, 1.165) is 31.7 Å². The Morgan fingerprint density at radius 3 is 1.84 bits per heavy atom. The first-order valence-corrected chi connectivity index (χ1v) is 27.2. The van der Waals surface area contributed by atoms with E-state index in [1.807, 2.05) is 6.92 Å². The minimum absolute atomic E-state index is 0.0125. The molecule has 37 heavy (non-hydrogen) atoms. The van der Waals surface area contributed by atoms with E-state index in [0.29, 0.717) is 6.42 Å². The van der Waals surface area contributed by atoms with Crippen molar-refractivity contribution < 1.29 is 35.8 Å². The van der Waals surface area contributed by atoms with Gasteiger partial charge < -0.3 is 31.0 Å². The van der Waals surface area contributed by atoms with E-state index in [2.05, 4.69) is 79.3 Å². The van der Waals surface area contributed by atoms with Gasteiger partial charge in [-0.25, -0.2) is 4.79 Å². The van der Waals surface area contributed by atoms with Gasteiger partial charge in [-0.2, -0.15) is 0 Å². The Labute approximate surface area is 233 Å². The zero-order valence-electron chi connectivity index (χ0n) is 25.6. The van der Waals surface area contributed by atoms with Crippen LogP contribution in [0, 0.1) is 0 Å². The second kappa shape index (κ2) is 16.4. The molecule has 0 amide bonds. The first-order valence-electron chi connectivity index (χ1n) is 13.6. The SMILES string of the molecule is C=C(CO)C(=O)OC(CC)OC(CC)[Si](CCCCC)O[Si](C)(C)O[Si](C)(C)O[Si](C)(C)O[Si](C)(C)C. The van der Waals surface area contributed by atoms with Crippen LogP contribution in [-0.2, 0) is 30.7 Å². The van der Waals surface area contributed by atoms with Gasteiger partial charge in [0.25, 0.3) is 0 Å².